The van der Waals surface area contributed by atoms with Crippen LogP contribution in [0.15, 0.2) is 91.4 Å². The van der Waals surface area contributed by atoms with Crippen LogP contribution in [0.25, 0.3) is 0 Å². The zero-order valence-corrected chi connectivity index (χ0v) is 32.3. The van der Waals surface area contributed by atoms with E-state index in [1.165, 1.54) is 29.2 Å². The summed E-state index contributed by atoms with van der Waals surface area (Å²) in [5.41, 5.74) is 6.58. The molecule has 1 heterocycles. The number of nitrogens with one attached hydrogen (secondary N) is 2. The van der Waals surface area contributed by atoms with Crippen LogP contribution < -0.4 is 10.6 Å². The second-order valence-electron chi connectivity index (χ2n) is 14.5. The lowest BCUT2D eigenvalue weighted by Gasteiger charge is -2.26. The third kappa shape index (κ3) is 20.3. The molecular weight excluding hydrogens is 592 g/mol. The van der Waals surface area contributed by atoms with E-state index in [1.54, 1.807) is 13.4 Å². The number of rotatable bonds is 11. The highest BCUT2D eigenvalue weighted by atomic mass is 16.2. The van der Waals surface area contributed by atoms with Crippen molar-refractivity contribution in [3.05, 3.63) is 108 Å². The van der Waals surface area contributed by atoms with Gasteiger partial charge in [0.15, 0.2) is 5.82 Å². The number of aryl methyl sites for hydroxylation is 2. The number of carbonyl (C=O) groups excluding carboxylic acids is 2. The van der Waals surface area contributed by atoms with E-state index in [1.807, 2.05) is 42.8 Å². The lowest BCUT2D eigenvalue weighted by molar-refractivity contribution is -0.120. The highest BCUT2D eigenvalue weighted by Gasteiger charge is 2.25. The molecule has 2 amide bonds. The Balaban J connectivity index is 0.00000123. The van der Waals surface area contributed by atoms with Crippen LogP contribution in [0.1, 0.15) is 112 Å². The first-order valence-electron chi connectivity index (χ1n) is 17.3. The molecule has 2 N–H and O–H groups in total. The minimum atomic E-state index is -0.123. The summed E-state index contributed by atoms with van der Waals surface area (Å²) in [5.74, 6) is 0.504. The van der Waals surface area contributed by atoms with Crippen molar-refractivity contribution in [2.45, 2.75) is 115 Å². The van der Waals surface area contributed by atoms with Crippen molar-refractivity contribution in [3.63, 3.8) is 0 Å². The molecule has 0 saturated heterocycles. The first-order valence-corrected chi connectivity index (χ1v) is 17.3. The van der Waals surface area contributed by atoms with E-state index in [0.29, 0.717) is 17.7 Å². The Morgan fingerprint density at radius 1 is 0.917 bits per heavy atom. The third-order valence-corrected chi connectivity index (χ3v) is 7.47. The predicted molar refractivity (Wildman–Crippen MR) is 207 cm³/mol. The summed E-state index contributed by atoms with van der Waals surface area (Å²) in [6, 6.07) is 18.8. The van der Waals surface area contributed by atoms with Crippen molar-refractivity contribution in [2.75, 3.05) is 12.4 Å². The first-order chi connectivity index (χ1) is 22.4. The topological polar surface area (TPSA) is 76.0 Å². The van der Waals surface area contributed by atoms with E-state index in [9.17, 15) is 9.59 Å². The number of allylic oxidation sites excluding steroid dienone is 2. The molecule has 1 atom stereocenters. The van der Waals surface area contributed by atoms with Crippen molar-refractivity contribution in [3.8, 4) is 0 Å². The summed E-state index contributed by atoms with van der Waals surface area (Å²) in [6.07, 6.45) is 8.25. The zero-order chi connectivity index (χ0) is 36.9. The molecule has 6 heteroatoms. The van der Waals surface area contributed by atoms with E-state index >= 15 is 0 Å². The number of imidazole rings is 1. The van der Waals surface area contributed by atoms with E-state index in [2.05, 4.69) is 121 Å². The molecule has 0 saturated carbocycles. The van der Waals surface area contributed by atoms with E-state index < -0.39 is 0 Å². The lowest BCUT2D eigenvalue weighted by atomic mass is 9.80. The number of hydrogen-bond donors (Lipinski definition) is 2. The van der Waals surface area contributed by atoms with Crippen LogP contribution in [0.5, 0.6) is 0 Å². The van der Waals surface area contributed by atoms with Crippen molar-refractivity contribution in [2.24, 2.45) is 16.7 Å². The number of aromatic nitrogens is 2. The monoisotopic (exact) mass is 659 g/mol. The van der Waals surface area contributed by atoms with Gasteiger partial charge in [0, 0.05) is 32.6 Å². The van der Waals surface area contributed by atoms with Gasteiger partial charge in [0.05, 0.1) is 6.33 Å². The highest BCUT2D eigenvalue weighted by molar-refractivity contribution is 5.91. The molecule has 0 fully saturated rings. The Morgan fingerprint density at radius 3 is 1.96 bits per heavy atom. The van der Waals surface area contributed by atoms with Crippen molar-refractivity contribution < 1.29 is 9.59 Å². The molecule has 3 aromatic rings. The van der Waals surface area contributed by atoms with Crippen LogP contribution in [0.4, 0.5) is 5.82 Å². The van der Waals surface area contributed by atoms with Gasteiger partial charge in [0.2, 0.25) is 11.8 Å². The lowest BCUT2D eigenvalue weighted by Crippen LogP contribution is -2.25. The van der Waals surface area contributed by atoms with Gasteiger partial charge in [-0.1, -0.05) is 128 Å². The van der Waals surface area contributed by atoms with Gasteiger partial charge in [0.1, 0.15) is 0 Å². The standard InChI is InChI=1S/C29H37N3O.C8H16.C3H7NO.C2H6/c1-22-12-9-10-16-26(22)19-32-20-27(30-21-32)31-28(33)25(18-23(2)29(3,4)5)17-11-15-24-13-7-6-8-14-24;1-7(2)6-8(3,4)5;1-3(5)4-2;1-2/h6-10,12-14,16,20-21,25H,2,11,15,17-19H2,1,3-5H3,(H,31,33);1,6H2,2-5H3;1-2H3,(H,4,5);1-2H3. The number of benzene rings is 2. The summed E-state index contributed by atoms with van der Waals surface area (Å²) in [5, 5.41) is 5.45. The average molecular weight is 659 g/mol. The van der Waals surface area contributed by atoms with Crippen molar-refractivity contribution in [1.82, 2.24) is 14.9 Å². The minimum absolute atomic E-state index is 0.00463. The Kier molecular flexibility index (Phi) is 20.8. The van der Waals surface area contributed by atoms with Gasteiger partial charge < -0.3 is 15.2 Å². The second-order valence-corrected chi connectivity index (χ2v) is 14.5. The molecule has 6 nitrogen and oxygen atoms in total. The smallest absolute Gasteiger partial charge is 0.229 e. The molecule has 0 bridgehead atoms. The predicted octanol–water partition coefficient (Wildman–Crippen LogP) is 10.6. The molecule has 1 aromatic heterocycles. The summed E-state index contributed by atoms with van der Waals surface area (Å²) in [4.78, 5) is 27.4. The van der Waals surface area contributed by atoms with Gasteiger partial charge >= 0.3 is 0 Å². The molecule has 2 aromatic carbocycles. The Hall–Kier alpha value is -3.93. The number of amides is 2. The molecule has 0 radical (unpaired) electrons. The molecule has 0 spiro atoms. The van der Waals surface area contributed by atoms with Crippen molar-refractivity contribution >= 4 is 17.6 Å². The fourth-order valence-corrected chi connectivity index (χ4v) is 4.76. The van der Waals surface area contributed by atoms with E-state index in [4.69, 9.17) is 0 Å². The molecule has 3 rings (SSSR count). The summed E-state index contributed by atoms with van der Waals surface area (Å²) < 4.78 is 2.01. The van der Waals surface area contributed by atoms with Crippen molar-refractivity contribution in [1.29, 1.82) is 0 Å². The summed E-state index contributed by atoms with van der Waals surface area (Å²) >= 11 is 0. The van der Waals surface area contributed by atoms with Crippen LogP contribution in [-0.4, -0.2) is 28.4 Å². The van der Waals surface area contributed by atoms with Crippen LogP contribution in [0.2, 0.25) is 0 Å². The molecule has 0 aliphatic carbocycles. The van der Waals surface area contributed by atoms with E-state index in [-0.39, 0.29) is 23.1 Å². The number of hydrogen-bond acceptors (Lipinski definition) is 3. The number of nitrogens with zero attached hydrogens (tertiary/aromatic N) is 2. The summed E-state index contributed by atoms with van der Waals surface area (Å²) in [7, 11) is 1.60. The number of carbonyl (C=O) groups is 2. The molecule has 1 unspecified atom stereocenters. The van der Waals surface area contributed by atoms with Gasteiger partial charge in [-0.25, -0.2) is 4.98 Å². The highest BCUT2D eigenvalue weighted by Crippen LogP contribution is 2.31. The Morgan fingerprint density at radius 2 is 1.48 bits per heavy atom. The third-order valence-electron chi connectivity index (χ3n) is 7.47. The van der Waals surface area contributed by atoms with Gasteiger partial charge in [-0.3, -0.25) is 9.59 Å². The maximum Gasteiger partial charge on any atom is 0.229 e. The van der Waals surface area contributed by atoms with Crippen LogP contribution in [-0.2, 0) is 22.6 Å². The fraction of sp³-hybridized carbons (Fsp3) is 0.500. The Labute approximate surface area is 293 Å². The largest absolute Gasteiger partial charge is 0.359 e. The van der Waals surface area contributed by atoms with Crippen LogP contribution in [0.3, 0.4) is 0 Å². The second kappa shape index (κ2) is 22.6. The zero-order valence-electron chi connectivity index (χ0n) is 32.3. The number of anilines is 1. The van der Waals surface area contributed by atoms with Crippen LogP contribution >= 0.6 is 0 Å². The van der Waals surface area contributed by atoms with Crippen LogP contribution in [0, 0.1) is 23.7 Å². The average Bonchev–Trinajstić information content (AvgIpc) is 3.44. The summed E-state index contributed by atoms with van der Waals surface area (Å²) in [6.45, 7) is 31.6. The van der Waals surface area contributed by atoms with Gasteiger partial charge in [-0.05, 0) is 73.5 Å². The minimum Gasteiger partial charge on any atom is -0.359 e. The SMILES string of the molecule is C=C(C)CC(C)(C)C.C=C(CC(CCCc1ccccc1)C(=O)Nc1cn(Cc2ccccc2C)cn1)C(C)(C)C.CC.CNC(C)=O. The molecule has 0 aliphatic heterocycles. The Bertz CT molecular complexity index is 1370. The molecule has 266 valence electrons. The maximum atomic E-state index is 13.2. The van der Waals surface area contributed by atoms with E-state index in [0.717, 1.165) is 37.8 Å². The quantitative estimate of drug-likeness (QED) is 0.201. The maximum absolute atomic E-state index is 13.2. The molecule has 48 heavy (non-hydrogen) atoms. The first kappa shape index (κ1) is 44.1. The molecular formula is C42H66N4O2. The normalized spacial score (nSPS) is 11.2. The van der Waals surface area contributed by atoms with Gasteiger partial charge in [0.25, 0.3) is 0 Å². The molecule has 0 aliphatic rings. The fourth-order valence-electron chi connectivity index (χ4n) is 4.76. The van der Waals surface area contributed by atoms with Gasteiger partial charge in [-0.15, -0.1) is 6.58 Å². The van der Waals surface area contributed by atoms with Gasteiger partial charge in [-0.2, -0.15) is 0 Å².